The first-order valence-electron chi connectivity index (χ1n) is 22.9. The minimum Gasteiger partial charge on any atom is -0.491 e. The van der Waals surface area contributed by atoms with Gasteiger partial charge < -0.3 is 36.9 Å². The van der Waals surface area contributed by atoms with E-state index in [4.69, 9.17) is 26.7 Å². The number of Topliss-reactive ketones (excluding diaryl/α,β-unsaturated/α-hetero) is 3. The third-order valence-corrected chi connectivity index (χ3v) is 11.9. The lowest BCUT2D eigenvalue weighted by Crippen LogP contribution is -2.46. The van der Waals surface area contributed by atoms with Crippen LogP contribution in [0.2, 0.25) is 0 Å². The van der Waals surface area contributed by atoms with Crippen LogP contribution in [0.3, 0.4) is 0 Å². The van der Waals surface area contributed by atoms with Crippen molar-refractivity contribution in [3.8, 4) is 40.1 Å². The maximum atomic E-state index is 14.8. The van der Waals surface area contributed by atoms with E-state index in [0.717, 1.165) is 11.1 Å². The molecule has 1 aliphatic heterocycles. The number of ketones is 3. The summed E-state index contributed by atoms with van der Waals surface area (Å²) in [5.74, 6) is -2.75. The first kappa shape index (κ1) is 57.7. The standard InChI is InChI=1S/C52H66N8O7.2H2S/c1-30-22-45(63)48(60(8)51(65)37(19-21-54)26-44(62)41-27-57-49(58-33(41)4)35-12-15-38(16-13-35)52(5,6)7)36-14-18-47(67-29-32(3)56)40(25-36)39-23-34(11-17-46(39)66-28-31(2)55)24-42(59-50(30)64)43(61)10-9-20-53;;/h11-18,23,25,27,30-32,37,42,48H,9-10,19,21-22,24,26,28-29,54-56H2,1-8H3,(H,59,64);2*1H2/t30-,31+,32+,37-,42+,48+;;/m1../s1. The summed E-state index contributed by atoms with van der Waals surface area (Å²) in [4.78, 5) is 81.6. The van der Waals surface area contributed by atoms with E-state index < -0.39 is 41.5 Å². The summed E-state index contributed by atoms with van der Waals surface area (Å²) in [5, 5.41) is 12.1. The number of aromatic nitrogens is 2. The van der Waals surface area contributed by atoms with Crippen LogP contribution in [-0.2, 0) is 31.0 Å². The van der Waals surface area contributed by atoms with Crippen molar-refractivity contribution in [1.82, 2.24) is 20.2 Å². The third kappa shape index (κ3) is 15.2. The number of fused-ring (bicyclic) bond motifs is 5. The molecule has 4 aromatic rings. The molecule has 69 heavy (non-hydrogen) atoms. The van der Waals surface area contributed by atoms with E-state index in [1.54, 1.807) is 58.0 Å². The molecular formula is C52H70N8O7S2. The minimum absolute atomic E-state index is 0. The van der Waals surface area contributed by atoms with Crippen LogP contribution >= 0.6 is 27.0 Å². The average Bonchev–Trinajstić information content (AvgIpc) is 3.28. The Kier molecular flexibility index (Phi) is 21.6. The molecule has 0 fully saturated rings. The smallest absolute Gasteiger partial charge is 0.226 e. The molecule has 1 aliphatic rings. The van der Waals surface area contributed by atoms with Gasteiger partial charge in [0.25, 0.3) is 0 Å². The van der Waals surface area contributed by atoms with E-state index >= 15 is 0 Å². The van der Waals surface area contributed by atoms with E-state index in [9.17, 15) is 29.2 Å². The summed E-state index contributed by atoms with van der Waals surface area (Å²) >= 11 is 0. The highest BCUT2D eigenvalue weighted by Crippen LogP contribution is 2.41. The molecule has 15 nitrogen and oxygen atoms in total. The fourth-order valence-corrected chi connectivity index (χ4v) is 8.08. The molecule has 0 saturated heterocycles. The van der Waals surface area contributed by atoms with Gasteiger partial charge in [-0.25, -0.2) is 9.97 Å². The molecule has 0 spiro atoms. The van der Waals surface area contributed by atoms with Crippen molar-refractivity contribution in [3.05, 3.63) is 94.8 Å². The molecule has 2 heterocycles. The molecule has 1 aromatic heterocycles. The molecule has 4 bridgehead atoms. The first-order valence-corrected chi connectivity index (χ1v) is 22.9. The Morgan fingerprint density at radius 1 is 0.928 bits per heavy atom. The summed E-state index contributed by atoms with van der Waals surface area (Å²) in [6.45, 7) is 13.7. The quantitative estimate of drug-likeness (QED) is 0.0845. The number of carbonyl (C=O) groups is 5. The monoisotopic (exact) mass is 982 g/mol. The SMILES string of the molecule is Cc1nc(-c2ccc(C(C)(C)C)cc2)ncc1C(=O)C[C@@H](CCN)C(=O)N(C)[C@@H]1C(=O)C[C@@H](C)C(=O)N[C@H](C(=O)CCC#N)Cc2ccc(OC[C@H](C)N)c(c2)-c2cc1ccc2OC[C@H](C)N.S.S. The average molecular weight is 983 g/mol. The molecular weight excluding hydrogens is 913 g/mol. The van der Waals surface area contributed by atoms with E-state index in [1.165, 1.54) is 18.1 Å². The molecule has 7 N–H and O–H groups in total. The predicted octanol–water partition coefficient (Wildman–Crippen LogP) is 6.34. The zero-order chi connectivity index (χ0) is 49.2. The number of carbonyl (C=O) groups excluding carboxylic acids is 5. The number of nitrogens with two attached hydrogens (primary N) is 3. The number of hydrogen-bond donors (Lipinski definition) is 4. The van der Waals surface area contributed by atoms with Gasteiger partial charge in [-0.05, 0) is 86.5 Å². The second kappa shape index (κ2) is 25.8. The van der Waals surface area contributed by atoms with Crippen molar-refractivity contribution < 1.29 is 33.4 Å². The maximum Gasteiger partial charge on any atom is 0.226 e. The highest BCUT2D eigenvalue weighted by atomic mass is 32.1. The highest BCUT2D eigenvalue weighted by Gasteiger charge is 2.36. The van der Waals surface area contributed by atoms with Crippen molar-refractivity contribution in [1.29, 1.82) is 5.26 Å². The topological polar surface area (TPSA) is 247 Å². The van der Waals surface area contributed by atoms with Crippen molar-refractivity contribution in [3.63, 3.8) is 0 Å². The second-order valence-electron chi connectivity index (χ2n) is 18.9. The molecule has 5 rings (SSSR count). The molecule has 2 amide bonds. The van der Waals surface area contributed by atoms with Crippen LogP contribution in [0, 0.1) is 30.1 Å². The van der Waals surface area contributed by atoms with Crippen LogP contribution in [0.15, 0.2) is 66.9 Å². The second-order valence-corrected chi connectivity index (χ2v) is 18.9. The minimum atomic E-state index is -1.25. The normalized spacial score (nSPS) is 17.3. The van der Waals surface area contributed by atoms with Crippen molar-refractivity contribution in [2.24, 2.45) is 29.0 Å². The van der Waals surface area contributed by atoms with Crippen LogP contribution < -0.4 is 32.0 Å². The summed E-state index contributed by atoms with van der Waals surface area (Å²) < 4.78 is 12.5. The van der Waals surface area contributed by atoms with Gasteiger partial charge in [-0.15, -0.1) is 0 Å². The van der Waals surface area contributed by atoms with Crippen LogP contribution in [0.1, 0.15) is 112 Å². The Morgan fingerprint density at radius 2 is 1.54 bits per heavy atom. The number of aryl methyl sites for hydroxylation is 1. The van der Waals surface area contributed by atoms with Crippen LogP contribution in [0.4, 0.5) is 0 Å². The largest absolute Gasteiger partial charge is 0.491 e. The predicted molar refractivity (Wildman–Crippen MR) is 278 cm³/mol. The number of nitrogens with zero attached hydrogens (tertiary/aromatic N) is 4. The van der Waals surface area contributed by atoms with Gasteiger partial charge in [0.2, 0.25) is 11.8 Å². The lowest BCUT2D eigenvalue weighted by Gasteiger charge is -2.32. The zero-order valence-electron chi connectivity index (χ0n) is 41.1. The Hall–Kier alpha value is -5.64. The third-order valence-electron chi connectivity index (χ3n) is 11.9. The number of ether oxygens (including phenoxy) is 2. The van der Waals surface area contributed by atoms with Gasteiger partial charge in [-0.3, -0.25) is 24.0 Å². The molecule has 0 radical (unpaired) electrons. The van der Waals surface area contributed by atoms with Gasteiger partial charge >= 0.3 is 0 Å². The van der Waals surface area contributed by atoms with Gasteiger partial charge in [0.1, 0.15) is 30.8 Å². The van der Waals surface area contributed by atoms with Crippen molar-refractivity contribution in [2.45, 2.75) is 117 Å². The van der Waals surface area contributed by atoms with E-state index in [1.807, 2.05) is 36.4 Å². The van der Waals surface area contributed by atoms with Crippen molar-refractivity contribution >= 4 is 56.2 Å². The molecule has 6 atom stereocenters. The van der Waals surface area contributed by atoms with E-state index in [0.29, 0.717) is 45.3 Å². The number of rotatable bonds is 17. The first-order chi connectivity index (χ1) is 31.7. The summed E-state index contributed by atoms with van der Waals surface area (Å²) in [6, 6.07) is 17.6. The Balaban J connectivity index is 0.00000630. The van der Waals surface area contributed by atoms with Gasteiger partial charge in [0, 0.05) is 79.5 Å². The number of likely N-dealkylation sites (N-methyl/N-ethyl adjacent to an activating group) is 1. The lowest BCUT2D eigenvalue weighted by atomic mass is 9.86. The van der Waals surface area contributed by atoms with Gasteiger partial charge in [-0.1, -0.05) is 64.1 Å². The molecule has 0 saturated carbocycles. The molecule has 372 valence electrons. The summed E-state index contributed by atoms with van der Waals surface area (Å²) in [5.41, 5.74) is 23.1. The van der Waals surface area contributed by atoms with Crippen LogP contribution in [0.25, 0.3) is 22.5 Å². The van der Waals surface area contributed by atoms with E-state index in [-0.39, 0.29) is 120 Å². The molecule has 0 unspecified atom stereocenters. The van der Waals surface area contributed by atoms with Crippen molar-refractivity contribution in [2.75, 3.05) is 26.8 Å². The number of nitrogens with one attached hydrogen (secondary N) is 1. The fourth-order valence-electron chi connectivity index (χ4n) is 8.08. The fraction of sp³-hybridized carbons (Fsp3) is 0.462. The number of amides is 2. The number of nitriles is 1. The summed E-state index contributed by atoms with van der Waals surface area (Å²) in [7, 11) is 1.50. The Morgan fingerprint density at radius 3 is 2.10 bits per heavy atom. The lowest BCUT2D eigenvalue weighted by molar-refractivity contribution is -0.142. The van der Waals surface area contributed by atoms with Gasteiger partial charge in [0.15, 0.2) is 23.2 Å². The zero-order valence-corrected chi connectivity index (χ0v) is 43.1. The molecule has 3 aromatic carbocycles. The maximum absolute atomic E-state index is 14.8. The van der Waals surface area contributed by atoms with Crippen LogP contribution in [0.5, 0.6) is 11.5 Å². The molecule has 0 aliphatic carbocycles. The van der Waals surface area contributed by atoms with Gasteiger partial charge in [0.05, 0.1) is 23.4 Å². The molecule has 17 heteroatoms. The number of hydrogen-bond acceptors (Lipinski definition) is 13. The van der Waals surface area contributed by atoms with Gasteiger partial charge in [-0.2, -0.15) is 32.3 Å². The summed E-state index contributed by atoms with van der Waals surface area (Å²) in [6.07, 6.45) is 1.06. The highest BCUT2D eigenvalue weighted by molar-refractivity contribution is 7.59. The Bertz CT molecular complexity index is 2490. The van der Waals surface area contributed by atoms with E-state index in [2.05, 4.69) is 36.1 Å². The number of benzene rings is 3. The van der Waals surface area contributed by atoms with Crippen LogP contribution in [-0.4, -0.2) is 89.0 Å². The Labute approximate surface area is 420 Å².